The molecule has 0 N–H and O–H groups in total. The number of hydrogen-bond acceptors (Lipinski definition) is 3. The van der Waals surface area contributed by atoms with Crippen LogP contribution >= 0.6 is 0 Å². The zero-order valence-corrected chi connectivity index (χ0v) is 13.5. The van der Waals surface area contributed by atoms with Crippen molar-refractivity contribution >= 4 is 6.08 Å². The normalized spacial score (nSPS) is 15.4. The molecule has 0 fully saturated rings. The van der Waals surface area contributed by atoms with Gasteiger partial charge in [-0.25, -0.2) is 4.98 Å². The van der Waals surface area contributed by atoms with Crippen LogP contribution in [-0.2, 0) is 19.4 Å². The van der Waals surface area contributed by atoms with E-state index in [1.54, 1.807) is 18.7 Å². The lowest BCUT2D eigenvalue weighted by Gasteiger charge is -2.19. The van der Waals surface area contributed by atoms with Crippen molar-refractivity contribution in [2.24, 2.45) is 0 Å². The van der Waals surface area contributed by atoms with E-state index in [1.165, 1.54) is 16.7 Å². The first-order valence-electron chi connectivity index (χ1n) is 8.29. The summed E-state index contributed by atoms with van der Waals surface area (Å²) in [4.78, 5) is 4.04. The highest BCUT2D eigenvalue weighted by atomic mass is 16.5. The third kappa shape index (κ3) is 3.43. The molecule has 4 nitrogen and oxygen atoms in total. The van der Waals surface area contributed by atoms with Crippen LogP contribution in [0.5, 0.6) is 5.75 Å². The molecule has 1 aliphatic rings. The molecule has 0 unspecified atom stereocenters. The number of ether oxygens (including phenoxy) is 1. The van der Waals surface area contributed by atoms with E-state index in [1.807, 2.05) is 23.2 Å². The molecule has 0 amide bonds. The van der Waals surface area contributed by atoms with Gasteiger partial charge in [0, 0.05) is 18.0 Å². The monoisotopic (exact) mass is 320 g/mol. The van der Waals surface area contributed by atoms with Crippen LogP contribution < -0.4 is 4.74 Å². The topological polar surface area (TPSA) is 40.2 Å². The Labute approximate surface area is 141 Å². The van der Waals surface area contributed by atoms with Gasteiger partial charge in [0.15, 0.2) is 0 Å². The maximum absolute atomic E-state index is 5.88. The van der Waals surface area contributed by atoms with E-state index < -0.39 is 0 Å². The number of nitrogens with zero attached hydrogens (tertiary/aromatic N) is 2. The Morgan fingerprint density at radius 2 is 2.21 bits per heavy atom. The maximum atomic E-state index is 5.88. The molecule has 0 spiro atoms. The standard InChI is InChI=1S/C20H20N2O2/c1-2-19-13-20(24-10-8-22-7-6-21-15-22)4-3-18(19)12-16(1)11-17-5-9-23-14-17/h3-7,9,11,13-15H,1-2,8,10,12H2. The number of fused-ring (bicyclic) bond motifs is 1. The zero-order chi connectivity index (χ0) is 16.2. The molecule has 2 aromatic heterocycles. The smallest absolute Gasteiger partial charge is 0.119 e. The largest absolute Gasteiger partial charge is 0.492 e. The molecular weight excluding hydrogens is 300 g/mol. The molecule has 1 aliphatic carbocycles. The van der Waals surface area contributed by atoms with Gasteiger partial charge < -0.3 is 13.7 Å². The SMILES string of the molecule is C(=C1CCc2cc(OCCn3ccnc3)ccc2C1)c1ccoc1. The molecule has 0 radical (unpaired) electrons. The van der Waals surface area contributed by atoms with Gasteiger partial charge in [-0.3, -0.25) is 0 Å². The van der Waals surface area contributed by atoms with Crippen molar-refractivity contribution in [2.75, 3.05) is 6.61 Å². The van der Waals surface area contributed by atoms with Crippen molar-refractivity contribution < 1.29 is 9.15 Å². The van der Waals surface area contributed by atoms with Crippen molar-refractivity contribution in [3.8, 4) is 5.75 Å². The Bertz CT molecular complexity index is 817. The van der Waals surface area contributed by atoms with Crippen molar-refractivity contribution in [3.63, 3.8) is 0 Å². The van der Waals surface area contributed by atoms with Gasteiger partial charge in [0.2, 0.25) is 0 Å². The highest BCUT2D eigenvalue weighted by Gasteiger charge is 2.14. The van der Waals surface area contributed by atoms with Gasteiger partial charge in [-0.05, 0) is 48.6 Å². The highest BCUT2D eigenvalue weighted by Crippen LogP contribution is 2.29. The van der Waals surface area contributed by atoms with E-state index in [9.17, 15) is 0 Å². The average molecular weight is 320 g/mol. The molecule has 3 aromatic rings. The summed E-state index contributed by atoms with van der Waals surface area (Å²) in [5, 5.41) is 0. The minimum atomic E-state index is 0.654. The van der Waals surface area contributed by atoms with Crippen LogP contribution in [-0.4, -0.2) is 16.2 Å². The van der Waals surface area contributed by atoms with Gasteiger partial charge in [-0.1, -0.05) is 17.7 Å². The Hall–Kier alpha value is -2.75. The molecular formula is C20H20N2O2. The number of hydrogen-bond donors (Lipinski definition) is 0. The Kier molecular flexibility index (Phi) is 4.19. The summed E-state index contributed by atoms with van der Waals surface area (Å²) in [7, 11) is 0. The molecule has 0 bridgehead atoms. The summed E-state index contributed by atoms with van der Waals surface area (Å²) < 4.78 is 13.0. The Morgan fingerprint density at radius 1 is 1.21 bits per heavy atom. The van der Waals surface area contributed by atoms with E-state index in [4.69, 9.17) is 9.15 Å². The van der Waals surface area contributed by atoms with Crippen LogP contribution in [0.3, 0.4) is 0 Å². The first-order chi connectivity index (χ1) is 11.9. The predicted molar refractivity (Wildman–Crippen MR) is 92.9 cm³/mol. The molecule has 0 saturated heterocycles. The summed E-state index contributed by atoms with van der Waals surface area (Å²) in [5.41, 5.74) is 5.41. The lowest BCUT2D eigenvalue weighted by molar-refractivity contribution is 0.298. The van der Waals surface area contributed by atoms with Gasteiger partial charge in [0.1, 0.15) is 12.4 Å². The van der Waals surface area contributed by atoms with Crippen LogP contribution in [0.25, 0.3) is 6.08 Å². The number of benzene rings is 1. The number of rotatable bonds is 5. The first-order valence-corrected chi connectivity index (χ1v) is 8.29. The van der Waals surface area contributed by atoms with Crippen molar-refractivity contribution in [1.29, 1.82) is 0 Å². The fraction of sp³-hybridized carbons (Fsp3) is 0.250. The molecule has 4 rings (SSSR count). The number of aromatic nitrogens is 2. The lowest BCUT2D eigenvalue weighted by atomic mass is 9.87. The molecule has 0 saturated carbocycles. The predicted octanol–water partition coefficient (Wildman–Crippen LogP) is 4.13. The molecule has 2 heterocycles. The van der Waals surface area contributed by atoms with Crippen LogP contribution in [0.15, 0.2) is 65.5 Å². The third-order valence-corrected chi connectivity index (χ3v) is 4.40. The van der Waals surface area contributed by atoms with Crippen molar-refractivity contribution in [1.82, 2.24) is 9.55 Å². The third-order valence-electron chi connectivity index (χ3n) is 4.40. The van der Waals surface area contributed by atoms with E-state index in [0.717, 1.165) is 37.1 Å². The molecule has 1 aromatic carbocycles. The van der Waals surface area contributed by atoms with Crippen LogP contribution in [0.4, 0.5) is 0 Å². The maximum Gasteiger partial charge on any atom is 0.119 e. The highest BCUT2D eigenvalue weighted by molar-refractivity contribution is 5.54. The van der Waals surface area contributed by atoms with Crippen LogP contribution in [0.1, 0.15) is 23.1 Å². The molecule has 0 atom stereocenters. The van der Waals surface area contributed by atoms with Crippen LogP contribution in [0, 0.1) is 0 Å². The summed E-state index contributed by atoms with van der Waals surface area (Å²) >= 11 is 0. The van der Waals surface area contributed by atoms with E-state index in [0.29, 0.717) is 6.61 Å². The van der Waals surface area contributed by atoms with Gasteiger partial charge in [0.05, 0.1) is 25.4 Å². The second kappa shape index (κ2) is 6.79. The molecule has 24 heavy (non-hydrogen) atoms. The van der Waals surface area contributed by atoms with Gasteiger partial charge in [-0.15, -0.1) is 0 Å². The number of imidazole rings is 1. The lowest BCUT2D eigenvalue weighted by Crippen LogP contribution is -2.09. The Balaban J connectivity index is 1.39. The average Bonchev–Trinajstić information content (AvgIpc) is 3.29. The first kappa shape index (κ1) is 14.8. The fourth-order valence-electron chi connectivity index (χ4n) is 3.13. The summed E-state index contributed by atoms with van der Waals surface area (Å²) in [6.07, 6.45) is 14.5. The molecule has 122 valence electrons. The van der Waals surface area contributed by atoms with Crippen LogP contribution in [0.2, 0.25) is 0 Å². The Morgan fingerprint density at radius 3 is 3.04 bits per heavy atom. The van der Waals surface area contributed by atoms with Crippen molar-refractivity contribution in [3.05, 3.63) is 77.8 Å². The molecule has 4 heteroatoms. The number of furan rings is 1. The summed E-state index contributed by atoms with van der Waals surface area (Å²) in [5.74, 6) is 0.955. The van der Waals surface area contributed by atoms with Gasteiger partial charge in [0.25, 0.3) is 0 Å². The molecule has 0 aliphatic heterocycles. The minimum absolute atomic E-state index is 0.654. The minimum Gasteiger partial charge on any atom is -0.492 e. The second-order valence-corrected chi connectivity index (χ2v) is 6.12. The van der Waals surface area contributed by atoms with E-state index in [-0.39, 0.29) is 0 Å². The zero-order valence-electron chi connectivity index (χ0n) is 13.5. The quantitative estimate of drug-likeness (QED) is 0.710. The summed E-state index contributed by atoms with van der Waals surface area (Å²) in [6, 6.07) is 8.47. The number of allylic oxidation sites excluding steroid dienone is 1. The van der Waals surface area contributed by atoms with Crippen molar-refractivity contribution in [2.45, 2.75) is 25.8 Å². The van der Waals surface area contributed by atoms with E-state index >= 15 is 0 Å². The van der Waals surface area contributed by atoms with Gasteiger partial charge in [-0.2, -0.15) is 0 Å². The van der Waals surface area contributed by atoms with E-state index in [2.05, 4.69) is 29.3 Å². The number of aryl methyl sites for hydroxylation is 1. The fourth-order valence-corrected chi connectivity index (χ4v) is 3.13. The van der Waals surface area contributed by atoms with Gasteiger partial charge >= 0.3 is 0 Å². The second-order valence-electron chi connectivity index (χ2n) is 6.12. The summed E-state index contributed by atoms with van der Waals surface area (Å²) in [6.45, 7) is 1.47.